The van der Waals surface area contributed by atoms with Crippen LogP contribution in [0.15, 0.2) is 29.2 Å². The standard InChI is InChI=1S/C7H6O5S.C2H4O2/c8-7(9)5-1-3-6(4-2-5)13(10,11)12;1-2(3)4/h1-4H,(H,8,9)(H,10,11,12);1H3,(H,3,4). The van der Waals surface area contributed by atoms with Gasteiger partial charge in [0.05, 0.1) is 10.5 Å². The van der Waals surface area contributed by atoms with Gasteiger partial charge in [-0.1, -0.05) is 0 Å². The van der Waals surface area contributed by atoms with Crippen LogP contribution in [0.4, 0.5) is 0 Å². The van der Waals surface area contributed by atoms with E-state index in [1.165, 1.54) is 0 Å². The number of carbonyl (C=O) groups is 2. The van der Waals surface area contributed by atoms with E-state index in [9.17, 15) is 13.2 Å². The Labute approximate surface area is 97.1 Å². The highest BCUT2D eigenvalue weighted by molar-refractivity contribution is 7.85. The first-order chi connectivity index (χ1) is 7.64. The summed E-state index contributed by atoms with van der Waals surface area (Å²) < 4.78 is 29.6. The van der Waals surface area contributed by atoms with E-state index >= 15 is 0 Å². The normalized spacial score (nSPS) is 10.0. The van der Waals surface area contributed by atoms with Crippen molar-refractivity contribution in [2.24, 2.45) is 0 Å². The lowest BCUT2D eigenvalue weighted by Crippen LogP contribution is -2.00. The molecule has 0 aliphatic rings. The summed E-state index contributed by atoms with van der Waals surface area (Å²) in [6, 6.07) is 4.26. The zero-order valence-electron chi connectivity index (χ0n) is 8.69. The molecule has 0 heterocycles. The van der Waals surface area contributed by atoms with E-state index < -0.39 is 22.1 Å². The molecule has 8 heteroatoms. The number of benzene rings is 1. The van der Waals surface area contributed by atoms with Crippen molar-refractivity contribution in [1.82, 2.24) is 0 Å². The van der Waals surface area contributed by atoms with Crippen molar-refractivity contribution in [2.45, 2.75) is 11.8 Å². The van der Waals surface area contributed by atoms with Crippen LogP contribution < -0.4 is 0 Å². The maximum absolute atomic E-state index is 10.5. The van der Waals surface area contributed by atoms with Crippen molar-refractivity contribution in [2.75, 3.05) is 0 Å². The lowest BCUT2D eigenvalue weighted by molar-refractivity contribution is -0.134. The van der Waals surface area contributed by atoms with Gasteiger partial charge < -0.3 is 10.2 Å². The zero-order valence-corrected chi connectivity index (χ0v) is 9.51. The van der Waals surface area contributed by atoms with Crippen LogP contribution in [0.5, 0.6) is 0 Å². The lowest BCUT2D eigenvalue weighted by atomic mass is 10.2. The quantitative estimate of drug-likeness (QED) is 0.669. The molecular formula is C9H10O7S. The smallest absolute Gasteiger partial charge is 0.335 e. The second kappa shape index (κ2) is 5.97. The zero-order chi connectivity index (χ0) is 13.6. The summed E-state index contributed by atoms with van der Waals surface area (Å²) in [4.78, 5) is 19.0. The van der Waals surface area contributed by atoms with Gasteiger partial charge in [-0.05, 0) is 24.3 Å². The molecule has 1 aromatic rings. The second-order valence-electron chi connectivity index (χ2n) is 2.82. The Hall–Kier alpha value is -1.93. The van der Waals surface area contributed by atoms with Gasteiger partial charge in [0, 0.05) is 6.92 Å². The molecule has 1 rings (SSSR count). The van der Waals surface area contributed by atoms with Crippen molar-refractivity contribution in [3.05, 3.63) is 29.8 Å². The third kappa shape index (κ3) is 6.28. The van der Waals surface area contributed by atoms with Crippen LogP contribution in [0, 0.1) is 0 Å². The Morgan fingerprint density at radius 3 is 1.65 bits per heavy atom. The Kier molecular flexibility index (Phi) is 5.29. The molecule has 0 unspecified atom stereocenters. The van der Waals surface area contributed by atoms with Crippen molar-refractivity contribution in [3.8, 4) is 0 Å². The van der Waals surface area contributed by atoms with E-state index in [1.54, 1.807) is 0 Å². The van der Waals surface area contributed by atoms with Crippen LogP contribution in [-0.4, -0.2) is 35.1 Å². The van der Waals surface area contributed by atoms with Gasteiger partial charge in [0.15, 0.2) is 0 Å². The van der Waals surface area contributed by atoms with Crippen LogP contribution in [0.25, 0.3) is 0 Å². The Balaban J connectivity index is 0.000000557. The SMILES string of the molecule is CC(=O)O.O=C(O)c1ccc(S(=O)(=O)O)cc1. The summed E-state index contributed by atoms with van der Waals surface area (Å²) in [5.41, 5.74) is -0.0348. The number of carboxylic acids is 2. The van der Waals surface area contributed by atoms with Crippen LogP contribution in [0.2, 0.25) is 0 Å². The molecule has 0 saturated carbocycles. The molecule has 0 bridgehead atoms. The molecule has 17 heavy (non-hydrogen) atoms. The van der Waals surface area contributed by atoms with Crippen LogP contribution in [-0.2, 0) is 14.9 Å². The van der Waals surface area contributed by atoms with Crippen molar-refractivity contribution < 1.29 is 32.8 Å². The van der Waals surface area contributed by atoms with Gasteiger partial charge in [-0.2, -0.15) is 8.42 Å². The third-order valence-electron chi connectivity index (χ3n) is 1.40. The average Bonchev–Trinajstić information content (AvgIpc) is 2.15. The summed E-state index contributed by atoms with van der Waals surface area (Å²) in [6.45, 7) is 1.08. The summed E-state index contributed by atoms with van der Waals surface area (Å²) in [5.74, 6) is -1.98. The number of hydrogen-bond acceptors (Lipinski definition) is 4. The molecule has 3 N–H and O–H groups in total. The first-order valence-corrected chi connectivity index (χ1v) is 5.59. The number of aromatic carboxylic acids is 1. The summed E-state index contributed by atoms with van der Waals surface area (Å²) in [5, 5.41) is 15.9. The fourth-order valence-electron chi connectivity index (χ4n) is 0.769. The van der Waals surface area contributed by atoms with Crippen molar-refractivity contribution >= 4 is 22.1 Å². The van der Waals surface area contributed by atoms with Gasteiger partial charge in [-0.25, -0.2) is 4.79 Å². The molecule has 1 aromatic carbocycles. The van der Waals surface area contributed by atoms with E-state index in [0.29, 0.717) is 0 Å². The van der Waals surface area contributed by atoms with E-state index in [1.807, 2.05) is 0 Å². The molecule has 0 aliphatic heterocycles. The molecular weight excluding hydrogens is 252 g/mol. The molecule has 94 valence electrons. The Morgan fingerprint density at radius 2 is 1.41 bits per heavy atom. The molecule has 0 radical (unpaired) electrons. The second-order valence-corrected chi connectivity index (χ2v) is 4.25. The number of aliphatic carboxylic acids is 1. The van der Waals surface area contributed by atoms with Gasteiger partial charge in [-0.15, -0.1) is 0 Å². The molecule has 0 saturated heterocycles. The Morgan fingerprint density at radius 1 is 1.06 bits per heavy atom. The number of hydrogen-bond donors (Lipinski definition) is 3. The van der Waals surface area contributed by atoms with Gasteiger partial charge in [-0.3, -0.25) is 9.35 Å². The van der Waals surface area contributed by atoms with E-state index in [0.717, 1.165) is 31.2 Å². The van der Waals surface area contributed by atoms with Gasteiger partial charge >= 0.3 is 5.97 Å². The monoisotopic (exact) mass is 262 g/mol. The summed E-state index contributed by atoms with van der Waals surface area (Å²) in [6.07, 6.45) is 0. The minimum absolute atomic E-state index is 0.0348. The summed E-state index contributed by atoms with van der Waals surface area (Å²) in [7, 11) is -4.24. The van der Waals surface area contributed by atoms with Crippen LogP contribution in [0.1, 0.15) is 17.3 Å². The maximum Gasteiger partial charge on any atom is 0.335 e. The molecule has 0 spiro atoms. The van der Waals surface area contributed by atoms with E-state index in [-0.39, 0.29) is 10.5 Å². The van der Waals surface area contributed by atoms with Crippen molar-refractivity contribution in [3.63, 3.8) is 0 Å². The van der Waals surface area contributed by atoms with E-state index in [4.69, 9.17) is 19.6 Å². The Bertz CT molecular complexity index is 497. The van der Waals surface area contributed by atoms with Gasteiger partial charge in [0.2, 0.25) is 0 Å². The van der Waals surface area contributed by atoms with Gasteiger partial charge in [0.1, 0.15) is 0 Å². The van der Waals surface area contributed by atoms with E-state index in [2.05, 4.69) is 0 Å². The molecule has 0 atom stereocenters. The predicted molar refractivity (Wildman–Crippen MR) is 56.5 cm³/mol. The number of rotatable bonds is 2. The highest BCUT2D eigenvalue weighted by Crippen LogP contribution is 2.09. The number of carboxylic acid groups (broad SMARTS) is 2. The van der Waals surface area contributed by atoms with Crippen LogP contribution >= 0.6 is 0 Å². The first-order valence-electron chi connectivity index (χ1n) is 4.15. The fraction of sp³-hybridized carbons (Fsp3) is 0.111. The molecule has 0 aliphatic carbocycles. The predicted octanol–water partition coefficient (Wildman–Crippen LogP) is 0.722. The fourth-order valence-corrected chi connectivity index (χ4v) is 1.25. The molecule has 0 aromatic heterocycles. The summed E-state index contributed by atoms with van der Waals surface area (Å²) >= 11 is 0. The topological polar surface area (TPSA) is 129 Å². The highest BCUT2D eigenvalue weighted by atomic mass is 32.2. The third-order valence-corrected chi connectivity index (χ3v) is 2.27. The molecule has 7 nitrogen and oxygen atoms in total. The minimum atomic E-state index is -4.24. The highest BCUT2D eigenvalue weighted by Gasteiger charge is 2.09. The molecule has 0 amide bonds. The minimum Gasteiger partial charge on any atom is -0.481 e. The largest absolute Gasteiger partial charge is 0.481 e. The van der Waals surface area contributed by atoms with Crippen LogP contribution in [0.3, 0.4) is 0 Å². The van der Waals surface area contributed by atoms with Crippen molar-refractivity contribution in [1.29, 1.82) is 0 Å². The molecule has 0 fully saturated rings. The maximum atomic E-state index is 10.5. The van der Waals surface area contributed by atoms with Gasteiger partial charge in [0.25, 0.3) is 16.1 Å². The lowest BCUT2D eigenvalue weighted by Gasteiger charge is -1.96. The average molecular weight is 262 g/mol. The first kappa shape index (κ1) is 15.1.